The fourth-order valence-electron chi connectivity index (χ4n) is 6.35. The van der Waals surface area contributed by atoms with Crippen molar-refractivity contribution in [2.45, 2.75) is 48.9 Å². The van der Waals surface area contributed by atoms with Gasteiger partial charge in [0, 0.05) is 13.1 Å². The summed E-state index contributed by atoms with van der Waals surface area (Å²) >= 11 is 0. The SMILES string of the molecule is O=S(=O)([O-])c1ccccc1.[C-]#[N+]c1ccc(-n2nccc2-c2c(C(=O)NC3CCC(OC(=O)C[N+](C)(C)C)CC3)c(=O)n(-c3cccc(C(F)(F)F)c3)n2C)cc1. The third-order valence-electron chi connectivity index (χ3n) is 8.96. The number of nitrogens with zero attached hydrogens (tertiary/aromatic N) is 6. The molecule has 0 atom stereocenters. The van der Waals surface area contributed by atoms with Crippen LogP contribution in [0.2, 0.25) is 0 Å². The third kappa shape index (κ3) is 10.4. The Bertz CT molecular complexity index is 2440. The molecule has 0 radical (unpaired) electrons. The van der Waals surface area contributed by atoms with Crippen LogP contribution in [-0.4, -0.2) is 88.3 Å². The van der Waals surface area contributed by atoms with E-state index in [9.17, 15) is 40.5 Å². The zero-order valence-electron chi connectivity index (χ0n) is 31.4. The highest BCUT2D eigenvalue weighted by molar-refractivity contribution is 7.85. The van der Waals surface area contributed by atoms with Gasteiger partial charge >= 0.3 is 12.1 Å². The number of carbonyl (C=O) groups excluding carboxylic acids is 2. The lowest BCUT2D eigenvalue weighted by molar-refractivity contribution is -0.862. The number of amides is 1. The molecule has 1 aliphatic rings. The molecule has 2 aromatic heterocycles. The van der Waals surface area contributed by atoms with E-state index in [1.165, 1.54) is 59.0 Å². The van der Waals surface area contributed by atoms with Crippen LogP contribution in [0.3, 0.4) is 0 Å². The summed E-state index contributed by atoms with van der Waals surface area (Å²) in [5.41, 5.74) is -0.664. The van der Waals surface area contributed by atoms with Gasteiger partial charge in [-0.25, -0.2) is 27.4 Å². The number of aromatic nitrogens is 4. The quantitative estimate of drug-likeness (QED) is 0.0887. The van der Waals surface area contributed by atoms with Crippen molar-refractivity contribution in [3.05, 3.63) is 124 Å². The summed E-state index contributed by atoms with van der Waals surface area (Å²) < 4.78 is 81.7. The van der Waals surface area contributed by atoms with E-state index in [4.69, 9.17) is 11.3 Å². The van der Waals surface area contributed by atoms with Gasteiger partial charge in [-0.2, -0.15) is 18.3 Å². The number of ether oxygens (including phenoxy) is 1. The van der Waals surface area contributed by atoms with Crippen molar-refractivity contribution in [3.63, 3.8) is 0 Å². The molecule has 57 heavy (non-hydrogen) atoms. The van der Waals surface area contributed by atoms with Crippen molar-refractivity contribution in [2.24, 2.45) is 7.05 Å². The number of likely N-dealkylation sites (N-methyl/N-ethyl adjacent to an activating group) is 1. The van der Waals surface area contributed by atoms with Gasteiger partial charge in [-0.1, -0.05) is 36.4 Å². The molecule has 14 nitrogen and oxygen atoms in total. The molecule has 0 aliphatic heterocycles. The first-order chi connectivity index (χ1) is 26.8. The number of quaternary nitrogens is 1. The van der Waals surface area contributed by atoms with Gasteiger partial charge in [0.2, 0.25) is 0 Å². The summed E-state index contributed by atoms with van der Waals surface area (Å²) in [7, 11) is 2.92. The van der Waals surface area contributed by atoms with Gasteiger partial charge in [0.25, 0.3) is 11.5 Å². The van der Waals surface area contributed by atoms with Crippen LogP contribution in [0.1, 0.15) is 41.6 Å². The second kappa shape index (κ2) is 17.0. The average molecular weight is 808 g/mol. The van der Waals surface area contributed by atoms with Crippen molar-refractivity contribution >= 4 is 27.7 Å². The first kappa shape index (κ1) is 42.1. The fraction of sp³-hybridized carbons (Fsp3) is 0.308. The van der Waals surface area contributed by atoms with E-state index >= 15 is 0 Å². The molecule has 1 saturated carbocycles. The molecule has 1 N–H and O–H groups in total. The Morgan fingerprint density at radius 2 is 1.61 bits per heavy atom. The van der Waals surface area contributed by atoms with Gasteiger partial charge in [-0.3, -0.25) is 14.3 Å². The molecule has 1 aliphatic carbocycles. The topological polar surface area (TPSA) is 162 Å². The summed E-state index contributed by atoms with van der Waals surface area (Å²) in [5.74, 6) is -0.984. The number of halogens is 3. The maximum absolute atomic E-state index is 14.0. The second-order valence-electron chi connectivity index (χ2n) is 14.3. The molecule has 6 rings (SSSR count). The Kier molecular flexibility index (Phi) is 12.6. The molecule has 18 heteroatoms. The smallest absolute Gasteiger partial charge is 0.416 e. The molecule has 5 aromatic rings. The molecule has 3 aromatic carbocycles. The van der Waals surface area contributed by atoms with Crippen LogP contribution in [0.25, 0.3) is 27.6 Å². The summed E-state index contributed by atoms with van der Waals surface area (Å²) in [4.78, 5) is 43.5. The number of rotatable bonds is 9. The molecule has 2 heterocycles. The molecule has 1 amide bonds. The van der Waals surface area contributed by atoms with E-state index < -0.39 is 33.3 Å². The summed E-state index contributed by atoms with van der Waals surface area (Å²) in [6.07, 6.45) is -1.40. The van der Waals surface area contributed by atoms with E-state index in [1.807, 2.05) is 21.1 Å². The number of nitrogens with one attached hydrogen (secondary N) is 1. The minimum atomic E-state index is -4.65. The first-order valence-corrected chi connectivity index (χ1v) is 19.0. The monoisotopic (exact) mass is 807 g/mol. The second-order valence-corrected chi connectivity index (χ2v) is 15.7. The van der Waals surface area contributed by atoms with Crippen molar-refractivity contribution in [2.75, 3.05) is 27.7 Å². The van der Waals surface area contributed by atoms with Crippen molar-refractivity contribution in [1.29, 1.82) is 0 Å². The molecule has 300 valence electrons. The maximum Gasteiger partial charge on any atom is 0.416 e. The van der Waals surface area contributed by atoms with E-state index in [1.54, 1.807) is 36.4 Å². The number of benzene rings is 3. The average Bonchev–Trinajstić information content (AvgIpc) is 3.73. The summed E-state index contributed by atoms with van der Waals surface area (Å²) in [6.45, 7) is 7.46. The van der Waals surface area contributed by atoms with Gasteiger partial charge in [0.15, 0.2) is 12.2 Å². The highest BCUT2D eigenvalue weighted by Crippen LogP contribution is 2.32. The van der Waals surface area contributed by atoms with Gasteiger partial charge in [0.1, 0.15) is 27.5 Å². The first-order valence-electron chi connectivity index (χ1n) is 17.6. The van der Waals surface area contributed by atoms with Crippen LogP contribution < -0.4 is 10.9 Å². The van der Waals surface area contributed by atoms with Crippen LogP contribution in [0.15, 0.2) is 101 Å². The predicted molar refractivity (Wildman–Crippen MR) is 202 cm³/mol. The number of hydrogen-bond acceptors (Lipinski definition) is 8. The molecular weight excluding hydrogens is 768 g/mol. The minimum absolute atomic E-state index is 0.0729. The van der Waals surface area contributed by atoms with Crippen LogP contribution in [-0.2, 0) is 32.9 Å². The fourth-order valence-corrected chi connectivity index (χ4v) is 6.84. The van der Waals surface area contributed by atoms with E-state index in [0.717, 1.165) is 16.8 Å². The van der Waals surface area contributed by atoms with Gasteiger partial charge in [-0.15, -0.1) is 0 Å². The number of esters is 1. The number of carbonyl (C=O) groups is 2. The van der Waals surface area contributed by atoms with Gasteiger partial charge in [-0.05, 0) is 74.2 Å². The molecule has 1 fully saturated rings. The maximum atomic E-state index is 14.0. The summed E-state index contributed by atoms with van der Waals surface area (Å²) in [6, 6.07) is 19.3. The lowest BCUT2D eigenvalue weighted by Gasteiger charge is -2.30. The van der Waals surface area contributed by atoms with E-state index in [2.05, 4.69) is 15.3 Å². The molecular formula is C39H40F3N7O7S. The van der Waals surface area contributed by atoms with Gasteiger partial charge < -0.3 is 19.1 Å². The third-order valence-corrected chi connectivity index (χ3v) is 9.81. The number of alkyl halides is 3. The van der Waals surface area contributed by atoms with Crippen molar-refractivity contribution in [3.8, 4) is 22.8 Å². The van der Waals surface area contributed by atoms with Crippen LogP contribution >= 0.6 is 0 Å². The van der Waals surface area contributed by atoms with E-state index in [0.29, 0.717) is 47.2 Å². The standard InChI is InChI=1S/C33H34F3N7O4.C6H6O3S/c1-37-22-9-13-24(14-10-22)41-27(17-18-38-41)30-29(32(46)42(40(30)2)25-8-6-7-21(19-25)33(34,35)36)31(45)39-23-11-15-26(16-12-23)47-28(44)20-43(3,4)5;7-10(8,9)6-4-2-1-3-5-6/h6-10,13-14,17-19,23,26H,11-12,15-16,20H2,2-5H3;1-5H,(H,7,8,9). The predicted octanol–water partition coefficient (Wildman–Crippen LogP) is 5.48. The zero-order chi connectivity index (χ0) is 41.7. The Morgan fingerprint density at radius 1 is 0.965 bits per heavy atom. The molecule has 0 unspecified atom stereocenters. The van der Waals surface area contributed by atoms with Crippen LogP contribution in [0.4, 0.5) is 18.9 Å². The van der Waals surface area contributed by atoms with E-state index in [-0.39, 0.29) is 46.5 Å². The van der Waals surface area contributed by atoms with Crippen LogP contribution in [0.5, 0.6) is 0 Å². The molecule has 0 bridgehead atoms. The normalized spacial score (nSPS) is 15.8. The van der Waals surface area contributed by atoms with Crippen molar-refractivity contribution in [1.82, 2.24) is 24.5 Å². The number of hydrogen-bond donors (Lipinski definition) is 1. The Hall–Kier alpha value is -6.03. The highest BCUT2D eigenvalue weighted by Gasteiger charge is 2.34. The lowest BCUT2D eigenvalue weighted by Crippen LogP contribution is -2.43. The van der Waals surface area contributed by atoms with Crippen molar-refractivity contribution < 1.29 is 45.0 Å². The molecule has 0 saturated heterocycles. The lowest BCUT2D eigenvalue weighted by atomic mass is 9.92. The Labute approximate surface area is 326 Å². The summed E-state index contributed by atoms with van der Waals surface area (Å²) in [5, 5.41) is 7.32. The minimum Gasteiger partial charge on any atom is -0.744 e. The Balaban J connectivity index is 0.000000540. The Morgan fingerprint density at radius 3 is 2.18 bits per heavy atom. The molecule has 0 spiro atoms. The zero-order valence-corrected chi connectivity index (χ0v) is 32.3. The largest absolute Gasteiger partial charge is 0.744 e. The van der Waals surface area contributed by atoms with Gasteiger partial charge in [0.05, 0.1) is 61.4 Å². The van der Waals surface area contributed by atoms with Crippen LogP contribution in [0, 0.1) is 6.57 Å². The highest BCUT2D eigenvalue weighted by atomic mass is 32.2.